The molecule has 25 heavy (non-hydrogen) atoms. The van der Waals surface area contributed by atoms with Crippen LogP contribution in [-0.4, -0.2) is 17.7 Å². The molecule has 2 aromatic carbocycles. The average molecular weight is 417 g/mol. The molecule has 0 saturated heterocycles. The van der Waals surface area contributed by atoms with Gasteiger partial charge in [-0.25, -0.2) is 0 Å². The second-order valence-corrected chi connectivity index (χ2v) is 8.71. The number of benzene rings is 2. The van der Waals surface area contributed by atoms with Crippen LogP contribution in [0.1, 0.15) is 11.1 Å². The minimum Gasteiger partial charge on any atom is -0.358 e. The molecule has 0 saturated carbocycles. The van der Waals surface area contributed by atoms with Crippen LogP contribution >= 0.6 is 34.8 Å². The maximum atomic E-state index is 12.7. The third kappa shape index (κ3) is 2.98. The van der Waals surface area contributed by atoms with Gasteiger partial charge in [0, 0.05) is 29.7 Å². The fraction of sp³-hybridized carbons (Fsp3) is 0.125. The van der Waals surface area contributed by atoms with Crippen LogP contribution in [0.2, 0.25) is 15.1 Å². The molecule has 3 aromatic rings. The highest BCUT2D eigenvalue weighted by Gasteiger charge is 2.31. The topological polar surface area (TPSA) is 65.2 Å². The van der Waals surface area contributed by atoms with Crippen LogP contribution in [-0.2, 0) is 23.3 Å². The summed E-state index contributed by atoms with van der Waals surface area (Å²) in [4.78, 5) is 2.99. The molecule has 130 valence electrons. The Balaban J connectivity index is 1.78. The predicted octanol–water partition coefficient (Wildman–Crippen LogP) is 4.80. The van der Waals surface area contributed by atoms with Crippen LogP contribution < -0.4 is 4.72 Å². The van der Waals surface area contributed by atoms with Crippen LogP contribution in [0, 0.1) is 0 Å². The van der Waals surface area contributed by atoms with Gasteiger partial charge in [-0.05, 0) is 29.3 Å². The Morgan fingerprint density at radius 3 is 2.68 bits per heavy atom. The summed E-state index contributed by atoms with van der Waals surface area (Å²) < 4.78 is 29.3. The van der Waals surface area contributed by atoms with Gasteiger partial charge in [0.25, 0.3) is 0 Å². The van der Waals surface area contributed by atoms with Crippen molar-refractivity contribution in [3.05, 3.63) is 62.7 Å². The number of hydrogen-bond acceptors (Lipinski definition) is 2. The highest BCUT2D eigenvalue weighted by Crippen LogP contribution is 2.40. The second kappa shape index (κ2) is 6.07. The van der Waals surface area contributed by atoms with Crippen molar-refractivity contribution in [1.29, 1.82) is 0 Å². The zero-order chi connectivity index (χ0) is 17.8. The number of aromatic nitrogens is 1. The van der Waals surface area contributed by atoms with E-state index in [1.165, 1.54) is 4.31 Å². The molecule has 0 bridgehead atoms. The number of anilines is 1. The molecule has 9 heteroatoms. The number of nitrogens with zero attached hydrogens (tertiary/aromatic N) is 1. The molecule has 0 amide bonds. The summed E-state index contributed by atoms with van der Waals surface area (Å²) in [6, 6.07) is 8.85. The van der Waals surface area contributed by atoms with Crippen LogP contribution in [0.15, 0.2) is 36.5 Å². The van der Waals surface area contributed by atoms with Crippen LogP contribution in [0.5, 0.6) is 0 Å². The van der Waals surface area contributed by atoms with Crippen molar-refractivity contribution in [1.82, 2.24) is 9.29 Å². The molecule has 0 fully saturated rings. The van der Waals surface area contributed by atoms with E-state index in [0.717, 1.165) is 11.1 Å². The first-order valence-electron chi connectivity index (χ1n) is 7.35. The Morgan fingerprint density at radius 1 is 1.12 bits per heavy atom. The lowest BCUT2D eigenvalue weighted by atomic mass is 10.1. The number of rotatable bonds is 2. The van der Waals surface area contributed by atoms with Gasteiger partial charge in [-0.15, -0.1) is 0 Å². The predicted molar refractivity (Wildman–Crippen MR) is 102 cm³/mol. The van der Waals surface area contributed by atoms with Crippen molar-refractivity contribution in [2.24, 2.45) is 0 Å². The van der Waals surface area contributed by atoms with Gasteiger partial charge in [-0.1, -0.05) is 46.9 Å². The van der Waals surface area contributed by atoms with Gasteiger partial charge in [0.05, 0.1) is 21.2 Å². The van der Waals surface area contributed by atoms with Crippen LogP contribution in [0.25, 0.3) is 10.9 Å². The van der Waals surface area contributed by atoms with E-state index < -0.39 is 10.2 Å². The summed E-state index contributed by atoms with van der Waals surface area (Å²) in [5, 5.41) is 2.09. The van der Waals surface area contributed by atoms with Crippen LogP contribution in [0.4, 0.5) is 5.69 Å². The monoisotopic (exact) mass is 415 g/mol. The molecule has 2 heterocycles. The van der Waals surface area contributed by atoms with Gasteiger partial charge in [0.1, 0.15) is 0 Å². The van der Waals surface area contributed by atoms with Gasteiger partial charge in [-0.3, -0.25) is 4.72 Å². The molecule has 0 radical (unpaired) electrons. The summed E-state index contributed by atoms with van der Waals surface area (Å²) in [7, 11) is -3.71. The van der Waals surface area contributed by atoms with Gasteiger partial charge in [0.15, 0.2) is 0 Å². The SMILES string of the molecule is O=S1(=O)Nc2c(cc(Cl)c3c(Cl)c[nH]c23)CN1Cc1cccc(Cl)c1. The molecule has 2 N–H and O–H groups in total. The lowest BCUT2D eigenvalue weighted by molar-refractivity contribution is 0.400. The average Bonchev–Trinajstić information content (AvgIpc) is 2.92. The fourth-order valence-corrected chi connectivity index (χ4v) is 5.07. The molecule has 0 aliphatic carbocycles. The first-order valence-corrected chi connectivity index (χ1v) is 9.93. The van der Waals surface area contributed by atoms with Crippen molar-refractivity contribution in [3.63, 3.8) is 0 Å². The van der Waals surface area contributed by atoms with E-state index in [-0.39, 0.29) is 13.1 Å². The van der Waals surface area contributed by atoms with E-state index in [4.69, 9.17) is 34.8 Å². The molecule has 0 spiro atoms. The molecule has 0 unspecified atom stereocenters. The Labute approximate surface area is 159 Å². The smallest absolute Gasteiger partial charge is 0.302 e. The molecular weight excluding hydrogens is 405 g/mol. The van der Waals surface area contributed by atoms with Crippen LogP contribution in [0.3, 0.4) is 0 Å². The second-order valence-electron chi connectivity index (χ2n) is 5.78. The molecule has 1 aromatic heterocycles. The molecule has 1 aliphatic heterocycles. The van der Waals surface area contributed by atoms with Crippen molar-refractivity contribution in [2.75, 3.05) is 4.72 Å². The molecule has 5 nitrogen and oxygen atoms in total. The van der Waals surface area contributed by atoms with E-state index >= 15 is 0 Å². The van der Waals surface area contributed by atoms with Gasteiger partial charge < -0.3 is 4.98 Å². The maximum absolute atomic E-state index is 12.7. The van der Waals surface area contributed by atoms with Gasteiger partial charge in [0.2, 0.25) is 0 Å². The molecule has 1 aliphatic rings. The first kappa shape index (κ1) is 17.0. The van der Waals surface area contributed by atoms with Gasteiger partial charge >= 0.3 is 10.2 Å². The zero-order valence-electron chi connectivity index (χ0n) is 12.7. The normalized spacial score (nSPS) is 16.6. The molecule has 0 atom stereocenters. The third-order valence-electron chi connectivity index (χ3n) is 4.11. The number of hydrogen-bond donors (Lipinski definition) is 2. The van der Waals surface area contributed by atoms with E-state index in [1.807, 2.05) is 6.07 Å². The summed E-state index contributed by atoms with van der Waals surface area (Å²) in [5.74, 6) is 0. The summed E-state index contributed by atoms with van der Waals surface area (Å²) in [6.07, 6.45) is 1.59. The highest BCUT2D eigenvalue weighted by molar-refractivity contribution is 7.90. The van der Waals surface area contributed by atoms with Crippen molar-refractivity contribution in [2.45, 2.75) is 13.1 Å². The minimum absolute atomic E-state index is 0.198. The lowest BCUT2D eigenvalue weighted by Crippen LogP contribution is -2.39. The lowest BCUT2D eigenvalue weighted by Gasteiger charge is -2.30. The quantitative estimate of drug-likeness (QED) is 0.630. The summed E-state index contributed by atoms with van der Waals surface area (Å²) in [5.41, 5.74) is 2.64. The number of aromatic amines is 1. The Morgan fingerprint density at radius 2 is 1.92 bits per heavy atom. The standard InChI is InChI=1S/C16H12Cl3N3O2S/c17-11-3-1-2-9(4-11)7-22-8-10-5-12(18)14-13(19)6-20-16(14)15(10)21-25(22,23)24/h1-6,20-21H,7-8H2. The fourth-order valence-electron chi connectivity index (χ4n) is 2.98. The summed E-state index contributed by atoms with van der Waals surface area (Å²) >= 11 is 18.4. The Kier molecular flexibility index (Phi) is 4.13. The third-order valence-corrected chi connectivity index (χ3v) is 6.34. The van der Waals surface area contributed by atoms with E-state index in [1.54, 1.807) is 30.5 Å². The van der Waals surface area contributed by atoms with Crippen molar-refractivity contribution < 1.29 is 8.42 Å². The number of nitrogens with one attached hydrogen (secondary N) is 2. The molecule has 4 rings (SSSR count). The van der Waals surface area contributed by atoms with E-state index in [2.05, 4.69) is 9.71 Å². The Bertz CT molecular complexity index is 1100. The number of fused-ring (bicyclic) bond motifs is 3. The van der Waals surface area contributed by atoms with Crippen molar-refractivity contribution >= 4 is 61.6 Å². The molecular formula is C16H12Cl3N3O2S. The highest BCUT2D eigenvalue weighted by atomic mass is 35.5. The van der Waals surface area contributed by atoms with Crippen molar-refractivity contribution in [3.8, 4) is 0 Å². The number of H-pyrrole nitrogens is 1. The maximum Gasteiger partial charge on any atom is 0.302 e. The van der Waals surface area contributed by atoms with E-state index in [9.17, 15) is 8.42 Å². The largest absolute Gasteiger partial charge is 0.358 e. The van der Waals surface area contributed by atoms with E-state index in [0.29, 0.717) is 31.7 Å². The van der Waals surface area contributed by atoms with Gasteiger partial charge in [-0.2, -0.15) is 12.7 Å². The number of halogens is 3. The minimum atomic E-state index is -3.71. The first-order chi connectivity index (χ1) is 11.8. The summed E-state index contributed by atoms with van der Waals surface area (Å²) in [6.45, 7) is 0.403. The zero-order valence-corrected chi connectivity index (χ0v) is 15.8. The Hall–Kier alpha value is -1.44.